The number of carbonyl (C=O) groups is 1. The Labute approximate surface area is 207 Å². The van der Waals surface area contributed by atoms with Gasteiger partial charge in [0.15, 0.2) is 5.65 Å². The van der Waals surface area contributed by atoms with E-state index in [-0.39, 0.29) is 16.9 Å². The lowest BCUT2D eigenvalue weighted by atomic mass is 10.1. The molecule has 5 aromatic rings. The molecule has 0 aliphatic carbocycles. The van der Waals surface area contributed by atoms with Gasteiger partial charge < -0.3 is 19.3 Å². The monoisotopic (exact) mass is 484 g/mol. The van der Waals surface area contributed by atoms with Gasteiger partial charge in [-0.25, -0.2) is 4.98 Å². The third-order valence-electron chi connectivity index (χ3n) is 7.22. The van der Waals surface area contributed by atoms with E-state index in [0.29, 0.717) is 34.7 Å². The van der Waals surface area contributed by atoms with Gasteiger partial charge in [0.1, 0.15) is 17.0 Å². The van der Waals surface area contributed by atoms with E-state index < -0.39 is 0 Å². The van der Waals surface area contributed by atoms with Crippen molar-refractivity contribution >= 4 is 33.6 Å². The predicted octanol–water partition coefficient (Wildman–Crippen LogP) is 3.44. The third kappa shape index (κ3) is 3.42. The molecule has 0 atom stereocenters. The van der Waals surface area contributed by atoms with Gasteiger partial charge in [0.2, 0.25) is 5.43 Å². The Hall–Kier alpha value is -3.98. The molecule has 9 nitrogen and oxygen atoms in total. The maximum atomic E-state index is 13.8. The third-order valence-corrected chi connectivity index (χ3v) is 7.22. The van der Waals surface area contributed by atoms with Crippen LogP contribution in [-0.2, 0) is 7.05 Å². The van der Waals surface area contributed by atoms with Crippen LogP contribution in [0.2, 0.25) is 0 Å². The van der Waals surface area contributed by atoms with Crippen LogP contribution in [0.5, 0.6) is 0 Å². The minimum Gasteiger partial charge on any atom is -0.361 e. The summed E-state index contributed by atoms with van der Waals surface area (Å²) in [7, 11) is 1.88. The minimum absolute atomic E-state index is 0.134. The van der Waals surface area contributed by atoms with E-state index in [1.54, 1.807) is 12.1 Å². The minimum atomic E-state index is -0.362. The molecule has 1 fully saturated rings. The summed E-state index contributed by atoms with van der Waals surface area (Å²) in [6, 6.07) is 11.4. The predicted molar refractivity (Wildman–Crippen MR) is 138 cm³/mol. The van der Waals surface area contributed by atoms with E-state index in [1.807, 2.05) is 54.1 Å². The van der Waals surface area contributed by atoms with Crippen LogP contribution in [0, 0.1) is 13.8 Å². The zero-order valence-electron chi connectivity index (χ0n) is 20.7. The second-order valence-electron chi connectivity index (χ2n) is 9.48. The number of hydrogen-bond donors (Lipinski definition) is 1. The summed E-state index contributed by atoms with van der Waals surface area (Å²) >= 11 is 0. The first-order valence-corrected chi connectivity index (χ1v) is 12.3. The van der Waals surface area contributed by atoms with Gasteiger partial charge in [-0.05, 0) is 64.0 Å². The average molecular weight is 485 g/mol. The first-order chi connectivity index (χ1) is 17.5. The summed E-state index contributed by atoms with van der Waals surface area (Å²) in [5.41, 5.74) is 4.81. The summed E-state index contributed by atoms with van der Waals surface area (Å²) in [6.07, 6.45) is 2.39. The molecule has 1 saturated heterocycles. The molecule has 6 rings (SSSR count). The van der Waals surface area contributed by atoms with Crippen molar-refractivity contribution in [2.75, 3.05) is 26.2 Å². The van der Waals surface area contributed by atoms with Crippen molar-refractivity contribution in [3.05, 3.63) is 63.6 Å². The Balaban J connectivity index is 1.57. The molecule has 9 heteroatoms. The molecule has 184 valence electrons. The number of para-hydroxylation sites is 2. The number of likely N-dealkylation sites (tertiary alicyclic amines) is 1. The lowest BCUT2D eigenvalue weighted by Gasteiger charge is -2.15. The fraction of sp³-hybridized carbons (Fsp3) is 0.333. The van der Waals surface area contributed by atoms with Crippen molar-refractivity contribution in [2.45, 2.75) is 26.7 Å². The molecular weight excluding hydrogens is 456 g/mol. The summed E-state index contributed by atoms with van der Waals surface area (Å²) in [4.78, 5) is 34.5. The van der Waals surface area contributed by atoms with Crippen LogP contribution < -0.4 is 10.7 Å². The SMILES string of the molecule is Cc1noc(C)c1-c1ccc2c(=O)c(C(=O)NCCN3CCCC3)c3n(C)c4ccccc4n3c2n1. The summed E-state index contributed by atoms with van der Waals surface area (Å²) in [5.74, 6) is 0.300. The van der Waals surface area contributed by atoms with Crippen molar-refractivity contribution in [3.63, 3.8) is 0 Å². The van der Waals surface area contributed by atoms with E-state index in [2.05, 4.69) is 15.4 Å². The number of nitrogens with one attached hydrogen (secondary N) is 1. The number of nitrogens with zero attached hydrogens (tertiary/aromatic N) is 5. The molecule has 1 aliphatic heterocycles. The molecule has 1 aliphatic rings. The highest BCUT2D eigenvalue weighted by molar-refractivity contribution is 6.06. The van der Waals surface area contributed by atoms with E-state index in [9.17, 15) is 9.59 Å². The molecule has 36 heavy (non-hydrogen) atoms. The Morgan fingerprint density at radius 2 is 1.83 bits per heavy atom. The number of amides is 1. The number of benzene rings is 1. The standard InChI is InChI=1S/C27H28N6O3/c1-16-22(17(2)36-30-16)19-11-10-18-24(34)23(26(35)28-12-15-32-13-6-7-14-32)27-31(3)20-8-4-5-9-21(20)33(27)25(18)29-19/h4-5,8-11H,6-7,12-15H2,1-3H3,(H,28,35). The number of aryl methyl sites for hydroxylation is 3. The van der Waals surface area contributed by atoms with Crippen LogP contribution in [0.25, 0.3) is 39.0 Å². The van der Waals surface area contributed by atoms with Crippen LogP contribution in [0.15, 0.2) is 45.7 Å². The molecule has 4 aromatic heterocycles. The topological polar surface area (TPSA) is 97.7 Å². The number of pyridine rings is 2. The number of fused-ring (bicyclic) bond motifs is 5. The zero-order valence-corrected chi connectivity index (χ0v) is 20.7. The fourth-order valence-corrected chi connectivity index (χ4v) is 5.46. The van der Waals surface area contributed by atoms with Gasteiger partial charge in [-0.3, -0.25) is 14.0 Å². The highest BCUT2D eigenvalue weighted by Crippen LogP contribution is 2.29. The maximum Gasteiger partial charge on any atom is 0.259 e. The van der Waals surface area contributed by atoms with Gasteiger partial charge in [0.05, 0.1) is 33.4 Å². The fourth-order valence-electron chi connectivity index (χ4n) is 5.46. The molecule has 0 bridgehead atoms. The number of imidazole rings is 1. The average Bonchev–Trinajstić information content (AvgIpc) is 3.58. The number of rotatable bonds is 5. The number of carbonyl (C=O) groups excluding carboxylic acids is 1. The van der Waals surface area contributed by atoms with E-state index >= 15 is 0 Å². The largest absolute Gasteiger partial charge is 0.361 e. The highest BCUT2D eigenvalue weighted by Gasteiger charge is 2.25. The normalized spacial score (nSPS) is 14.4. The summed E-state index contributed by atoms with van der Waals surface area (Å²) < 4.78 is 9.17. The van der Waals surface area contributed by atoms with Gasteiger partial charge in [-0.1, -0.05) is 17.3 Å². The maximum absolute atomic E-state index is 13.8. The van der Waals surface area contributed by atoms with Crippen molar-refractivity contribution in [1.82, 2.24) is 29.3 Å². The summed E-state index contributed by atoms with van der Waals surface area (Å²) in [6.45, 7) is 7.10. The van der Waals surface area contributed by atoms with Gasteiger partial charge in [0, 0.05) is 20.1 Å². The lowest BCUT2D eigenvalue weighted by molar-refractivity contribution is 0.0950. The molecule has 5 heterocycles. The van der Waals surface area contributed by atoms with Gasteiger partial charge in [-0.15, -0.1) is 0 Å². The van der Waals surface area contributed by atoms with Crippen molar-refractivity contribution in [3.8, 4) is 11.3 Å². The smallest absolute Gasteiger partial charge is 0.259 e. The van der Waals surface area contributed by atoms with E-state index in [0.717, 1.165) is 41.9 Å². The molecule has 1 aromatic carbocycles. The molecule has 1 N–H and O–H groups in total. The first kappa shape index (κ1) is 22.5. The zero-order chi connectivity index (χ0) is 25.0. The van der Waals surface area contributed by atoms with Crippen molar-refractivity contribution in [1.29, 1.82) is 0 Å². The van der Waals surface area contributed by atoms with Gasteiger partial charge in [-0.2, -0.15) is 0 Å². The van der Waals surface area contributed by atoms with E-state index in [1.165, 1.54) is 12.8 Å². The van der Waals surface area contributed by atoms with Gasteiger partial charge in [0.25, 0.3) is 5.91 Å². The van der Waals surface area contributed by atoms with Crippen LogP contribution >= 0.6 is 0 Å². The molecule has 1 amide bonds. The van der Waals surface area contributed by atoms with Crippen LogP contribution in [-0.4, -0.2) is 56.1 Å². The molecule has 0 spiro atoms. The lowest BCUT2D eigenvalue weighted by Crippen LogP contribution is -2.36. The Morgan fingerprint density at radius 1 is 1.08 bits per heavy atom. The Kier molecular flexibility index (Phi) is 5.37. The quantitative estimate of drug-likeness (QED) is 0.411. The van der Waals surface area contributed by atoms with Crippen molar-refractivity contribution in [2.24, 2.45) is 7.05 Å². The molecule has 0 radical (unpaired) electrons. The first-order valence-electron chi connectivity index (χ1n) is 12.3. The molecule has 0 saturated carbocycles. The number of aromatic nitrogens is 4. The van der Waals surface area contributed by atoms with Crippen LogP contribution in [0.1, 0.15) is 34.7 Å². The Morgan fingerprint density at radius 3 is 2.56 bits per heavy atom. The van der Waals surface area contributed by atoms with Crippen LogP contribution in [0.4, 0.5) is 0 Å². The number of hydrogen-bond acceptors (Lipinski definition) is 6. The van der Waals surface area contributed by atoms with Gasteiger partial charge >= 0.3 is 0 Å². The molecular formula is C27H28N6O3. The highest BCUT2D eigenvalue weighted by atomic mass is 16.5. The molecule has 0 unspecified atom stereocenters. The second-order valence-corrected chi connectivity index (χ2v) is 9.48. The van der Waals surface area contributed by atoms with E-state index in [4.69, 9.17) is 9.51 Å². The van der Waals surface area contributed by atoms with Crippen LogP contribution in [0.3, 0.4) is 0 Å². The second kappa shape index (κ2) is 8.60. The van der Waals surface area contributed by atoms with Crippen molar-refractivity contribution < 1.29 is 9.32 Å². The Bertz CT molecular complexity index is 1680. The summed E-state index contributed by atoms with van der Waals surface area (Å²) in [5, 5.41) is 7.44.